The number of nitro groups is 1. The fraction of sp³-hybridized carbons (Fsp3) is 0.227. The third kappa shape index (κ3) is 5.15. The average molecular weight is 505 g/mol. The number of para-hydroxylation sites is 1. The van der Waals surface area contributed by atoms with Crippen molar-refractivity contribution in [3.8, 4) is 0 Å². The van der Waals surface area contributed by atoms with E-state index >= 15 is 0 Å². The number of nitrogens with zero attached hydrogens (tertiary/aromatic N) is 2. The molecule has 2 aromatic carbocycles. The minimum absolute atomic E-state index is 0.0301. The summed E-state index contributed by atoms with van der Waals surface area (Å²) in [5, 5.41) is 13.6. The van der Waals surface area contributed by atoms with Crippen molar-refractivity contribution in [2.45, 2.75) is 24.2 Å². The normalized spacial score (nSPS) is 14.0. The van der Waals surface area contributed by atoms with Crippen LogP contribution in [-0.2, 0) is 10.0 Å². The smallest absolute Gasteiger partial charge is 0.395 e. The summed E-state index contributed by atoms with van der Waals surface area (Å²) in [7, 11) is -4.09. The van der Waals surface area contributed by atoms with E-state index in [9.17, 15) is 23.3 Å². The zero-order valence-corrected chi connectivity index (χ0v) is 19.4. The Hall–Kier alpha value is -3.57. The lowest BCUT2D eigenvalue weighted by molar-refractivity contribution is -0.402. The van der Waals surface area contributed by atoms with Gasteiger partial charge in [0.2, 0.25) is 0 Å². The van der Waals surface area contributed by atoms with Crippen LogP contribution in [0.4, 0.5) is 22.9 Å². The molecule has 178 valence electrons. The Morgan fingerprint density at radius 2 is 1.79 bits per heavy atom. The monoisotopic (exact) mass is 504 g/mol. The molecule has 2 N–H and O–H groups in total. The van der Waals surface area contributed by atoms with Crippen LogP contribution in [0.25, 0.3) is 0 Å². The van der Waals surface area contributed by atoms with Crippen molar-refractivity contribution >= 4 is 50.5 Å². The van der Waals surface area contributed by atoms with Gasteiger partial charge in [0.1, 0.15) is 9.82 Å². The van der Waals surface area contributed by atoms with Crippen LogP contribution in [-0.4, -0.2) is 32.3 Å². The fourth-order valence-electron chi connectivity index (χ4n) is 3.69. The number of piperidine rings is 1. The lowest BCUT2D eigenvalue weighted by Gasteiger charge is -2.30. The highest BCUT2D eigenvalue weighted by Gasteiger charge is 2.25. The molecule has 1 aliphatic rings. The highest BCUT2D eigenvalue weighted by molar-refractivity contribution is 7.93. The van der Waals surface area contributed by atoms with Crippen molar-refractivity contribution in [1.29, 1.82) is 0 Å². The van der Waals surface area contributed by atoms with Gasteiger partial charge in [-0.25, -0.2) is 8.42 Å². The van der Waals surface area contributed by atoms with Crippen LogP contribution in [0.1, 0.15) is 29.8 Å². The number of nitrogens with one attached hydrogen (secondary N) is 2. The Morgan fingerprint density at radius 3 is 2.47 bits per heavy atom. The first-order valence-corrected chi connectivity index (χ1v) is 12.3. The molecule has 0 bridgehead atoms. The summed E-state index contributed by atoms with van der Waals surface area (Å²) in [5.74, 6) is -1.59. The summed E-state index contributed by atoms with van der Waals surface area (Å²) in [5.41, 5.74) is 0.918. The van der Waals surface area contributed by atoms with Gasteiger partial charge in [0.25, 0.3) is 15.9 Å². The van der Waals surface area contributed by atoms with Crippen LogP contribution >= 0.6 is 11.6 Å². The molecule has 12 heteroatoms. The van der Waals surface area contributed by atoms with E-state index in [-0.39, 0.29) is 27.1 Å². The second-order valence-electron chi connectivity index (χ2n) is 7.66. The van der Waals surface area contributed by atoms with Crippen molar-refractivity contribution in [2.24, 2.45) is 0 Å². The van der Waals surface area contributed by atoms with E-state index in [4.69, 9.17) is 16.0 Å². The lowest BCUT2D eigenvalue weighted by atomic mass is 10.1. The van der Waals surface area contributed by atoms with Gasteiger partial charge in [0, 0.05) is 18.8 Å². The summed E-state index contributed by atoms with van der Waals surface area (Å²) in [6.45, 7) is 1.41. The predicted molar refractivity (Wildman–Crippen MR) is 128 cm³/mol. The number of benzene rings is 2. The number of halogens is 1. The fourth-order valence-corrected chi connectivity index (χ4v) is 5.26. The number of hydrogen-bond acceptors (Lipinski definition) is 7. The third-order valence-corrected chi connectivity index (χ3v) is 7.04. The summed E-state index contributed by atoms with van der Waals surface area (Å²) < 4.78 is 34.2. The topological polar surface area (TPSA) is 135 Å². The minimum atomic E-state index is -4.09. The van der Waals surface area contributed by atoms with Crippen LogP contribution in [0.3, 0.4) is 0 Å². The van der Waals surface area contributed by atoms with E-state index in [2.05, 4.69) is 10.0 Å². The van der Waals surface area contributed by atoms with Gasteiger partial charge in [0.05, 0.1) is 22.5 Å². The van der Waals surface area contributed by atoms with E-state index in [1.54, 1.807) is 36.4 Å². The molecular formula is C22H21ClN4O6S. The predicted octanol–water partition coefficient (Wildman–Crippen LogP) is 4.88. The summed E-state index contributed by atoms with van der Waals surface area (Å²) in [4.78, 5) is 24.5. The molecule has 0 spiro atoms. The van der Waals surface area contributed by atoms with Gasteiger partial charge >= 0.3 is 5.88 Å². The molecule has 3 aromatic rings. The maximum absolute atomic E-state index is 13.4. The molecule has 0 radical (unpaired) electrons. The first-order chi connectivity index (χ1) is 16.2. The molecule has 0 aliphatic carbocycles. The number of anilines is 3. The Labute approximate surface area is 200 Å². The average Bonchev–Trinajstić information content (AvgIpc) is 3.32. The second kappa shape index (κ2) is 9.74. The summed E-state index contributed by atoms with van der Waals surface area (Å²) >= 11 is 6.15. The number of furan rings is 1. The molecule has 10 nitrogen and oxygen atoms in total. The van der Waals surface area contributed by atoms with Crippen LogP contribution in [0, 0.1) is 10.1 Å². The van der Waals surface area contributed by atoms with Crippen LogP contribution in [0.5, 0.6) is 0 Å². The highest BCUT2D eigenvalue weighted by atomic mass is 35.5. The van der Waals surface area contributed by atoms with Crippen molar-refractivity contribution in [2.75, 3.05) is 28.0 Å². The molecule has 1 fully saturated rings. The van der Waals surface area contributed by atoms with Crippen LogP contribution in [0.15, 0.2) is 63.9 Å². The first-order valence-electron chi connectivity index (χ1n) is 10.5. The van der Waals surface area contributed by atoms with Crippen LogP contribution in [0.2, 0.25) is 5.02 Å². The largest absolute Gasteiger partial charge is 0.433 e. The van der Waals surface area contributed by atoms with Crippen LogP contribution < -0.4 is 14.9 Å². The SMILES string of the molecule is O=C(Nc1ccc(N2CCCCC2)c(S(=O)(=O)Nc2ccccc2Cl)c1)c1ccc([N+](=O)[O-])o1. The maximum Gasteiger partial charge on any atom is 0.433 e. The number of sulfonamides is 1. The molecular weight excluding hydrogens is 484 g/mol. The zero-order valence-electron chi connectivity index (χ0n) is 17.9. The quantitative estimate of drug-likeness (QED) is 0.345. The van der Waals surface area contributed by atoms with E-state index in [0.717, 1.165) is 25.3 Å². The Kier molecular flexibility index (Phi) is 6.75. The molecule has 1 amide bonds. The Morgan fingerprint density at radius 1 is 1.06 bits per heavy atom. The van der Waals surface area contributed by atoms with Crippen molar-refractivity contribution in [3.63, 3.8) is 0 Å². The minimum Gasteiger partial charge on any atom is -0.395 e. The van der Waals surface area contributed by atoms with Gasteiger partial charge in [-0.15, -0.1) is 0 Å². The van der Waals surface area contributed by atoms with Crippen molar-refractivity contribution < 1.29 is 22.6 Å². The van der Waals surface area contributed by atoms with Crippen molar-refractivity contribution in [3.05, 3.63) is 75.5 Å². The van der Waals surface area contributed by atoms with Gasteiger partial charge in [-0.3, -0.25) is 19.6 Å². The van der Waals surface area contributed by atoms with E-state index in [1.807, 2.05) is 4.90 Å². The van der Waals surface area contributed by atoms with Crippen molar-refractivity contribution in [1.82, 2.24) is 0 Å². The van der Waals surface area contributed by atoms with Gasteiger partial charge in [-0.05, 0) is 55.7 Å². The number of hydrogen-bond donors (Lipinski definition) is 2. The number of carbonyl (C=O) groups is 1. The van der Waals surface area contributed by atoms with Gasteiger partial charge in [-0.1, -0.05) is 23.7 Å². The lowest BCUT2D eigenvalue weighted by Crippen LogP contribution is -2.31. The molecule has 1 saturated heterocycles. The third-order valence-electron chi connectivity index (χ3n) is 5.32. The molecule has 4 rings (SSSR count). The molecule has 1 aliphatic heterocycles. The number of carbonyl (C=O) groups excluding carboxylic acids is 1. The Bertz CT molecular complexity index is 1330. The zero-order chi connectivity index (χ0) is 24.3. The number of amides is 1. The molecule has 0 unspecified atom stereocenters. The van der Waals surface area contributed by atoms with Gasteiger partial charge in [0.15, 0.2) is 5.76 Å². The van der Waals surface area contributed by atoms with E-state index < -0.39 is 26.7 Å². The standard InChI is InChI=1S/C22H21ClN4O6S/c23-16-6-2-3-7-17(16)25-34(31,32)20-14-15(8-9-18(20)26-12-4-1-5-13-26)24-22(28)19-10-11-21(33-19)27(29)30/h2-3,6-11,14,25H,1,4-5,12-13H2,(H,24,28). The second-order valence-corrected chi connectivity index (χ2v) is 9.72. The Balaban J connectivity index is 1.68. The van der Waals surface area contributed by atoms with Gasteiger partial charge < -0.3 is 14.6 Å². The summed E-state index contributed by atoms with van der Waals surface area (Å²) in [6, 6.07) is 13.3. The maximum atomic E-state index is 13.4. The van der Waals surface area contributed by atoms with E-state index in [0.29, 0.717) is 18.8 Å². The molecule has 34 heavy (non-hydrogen) atoms. The molecule has 1 aromatic heterocycles. The molecule has 0 saturated carbocycles. The molecule has 2 heterocycles. The van der Waals surface area contributed by atoms with Gasteiger partial charge in [-0.2, -0.15) is 0 Å². The highest BCUT2D eigenvalue weighted by Crippen LogP contribution is 2.33. The summed E-state index contributed by atoms with van der Waals surface area (Å²) in [6.07, 6.45) is 2.94. The number of rotatable bonds is 7. The molecule has 0 atom stereocenters. The first kappa shape index (κ1) is 23.6. The van der Waals surface area contributed by atoms with E-state index in [1.165, 1.54) is 12.1 Å².